The van der Waals surface area contributed by atoms with Gasteiger partial charge in [-0.05, 0) is 38.2 Å². The van der Waals surface area contributed by atoms with Gasteiger partial charge in [0.15, 0.2) is 5.13 Å². The van der Waals surface area contributed by atoms with Gasteiger partial charge in [0.1, 0.15) is 0 Å². The van der Waals surface area contributed by atoms with Gasteiger partial charge in [-0.25, -0.2) is 9.78 Å². The fourth-order valence-corrected chi connectivity index (χ4v) is 4.33. The molecule has 1 aliphatic heterocycles. The van der Waals surface area contributed by atoms with Crippen LogP contribution in [0.25, 0.3) is 11.3 Å². The molecule has 0 atom stereocenters. The average molecular weight is 459 g/mol. The van der Waals surface area contributed by atoms with Gasteiger partial charge >= 0.3 is 6.09 Å². The number of benzene rings is 1. The molecule has 0 aliphatic carbocycles. The van der Waals surface area contributed by atoms with Gasteiger partial charge in [-0.15, -0.1) is 11.3 Å². The third-order valence-electron chi connectivity index (χ3n) is 5.39. The minimum absolute atomic E-state index is 0.00564. The molecule has 9 heteroatoms. The van der Waals surface area contributed by atoms with Crippen molar-refractivity contribution in [1.82, 2.24) is 15.2 Å². The van der Waals surface area contributed by atoms with Gasteiger partial charge in [0.25, 0.3) is 0 Å². The molecule has 32 heavy (non-hydrogen) atoms. The average Bonchev–Trinajstić information content (AvgIpc) is 3.25. The van der Waals surface area contributed by atoms with Gasteiger partial charge in [-0.2, -0.15) is 0 Å². The molecule has 0 unspecified atom stereocenters. The Morgan fingerprint density at radius 3 is 2.56 bits per heavy atom. The summed E-state index contributed by atoms with van der Waals surface area (Å²) in [6.07, 6.45) is 2.71. The first-order valence-corrected chi connectivity index (χ1v) is 11.9. The van der Waals surface area contributed by atoms with E-state index in [-0.39, 0.29) is 23.8 Å². The van der Waals surface area contributed by atoms with Crippen molar-refractivity contribution in [2.75, 3.05) is 31.6 Å². The van der Waals surface area contributed by atoms with E-state index in [2.05, 4.69) is 27.8 Å². The molecule has 2 aromatic rings. The number of hydrogen-bond acceptors (Lipinski definition) is 6. The van der Waals surface area contributed by atoms with Crippen LogP contribution in [-0.4, -0.2) is 54.0 Å². The maximum absolute atomic E-state index is 12.6. The molecule has 1 fully saturated rings. The summed E-state index contributed by atoms with van der Waals surface area (Å²) in [5.74, 6) is -0.192. The summed E-state index contributed by atoms with van der Waals surface area (Å²) in [7, 11) is 0. The Balaban J connectivity index is 1.48. The number of ether oxygens (including phenoxy) is 1. The number of piperidine rings is 1. The fraction of sp³-hybridized carbons (Fsp3) is 0.478. The van der Waals surface area contributed by atoms with E-state index in [9.17, 15) is 14.4 Å². The highest BCUT2D eigenvalue weighted by Gasteiger charge is 2.28. The van der Waals surface area contributed by atoms with Gasteiger partial charge in [-0.3, -0.25) is 9.59 Å². The lowest BCUT2D eigenvalue weighted by atomic mass is 9.96. The van der Waals surface area contributed by atoms with Crippen molar-refractivity contribution in [2.24, 2.45) is 5.92 Å². The van der Waals surface area contributed by atoms with Crippen LogP contribution in [0.5, 0.6) is 0 Å². The van der Waals surface area contributed by atoms with E-state index in [0.717, 1.165) is 24.1 Å². The number of rotatable bonds is 8. The predicted molar refractivity (Wildman–Crippen MR) is 125 cm³/mol. The van der Waals surface area contributed by atoms with Crippen LogP contribution in [0.15, 0.2) is 29.6 Å². The zero-order valence-electron chi connectivity index (χ0n) is 18.6. The highest BCUT2D eigenvalue weighted by atomic mass is 32.1. The van der Waals surface area contributed by atoms with Crippen molar-refractivity contribution < 1.29 is 19.1 Å². The first-order valence-electron chi connectivity index (χ1n) is 11.0. The first-order chi connectivity index (χ1) is 15.5. The topological polar surface area (TPSA) is 101 Å². The summed E-state index contributed by atoms with van der Waals surface area (Å²) in [4.78, 5) is 41.5. The Morgan fingerprint density at radius 2 is 1.91 bits per heavy atom. The van der Waals surface area contributed by atoms with Crippen LogP contribution < -0.4 is 10.6 Å². The van der Waals surface area contributed by atoms with Crippen LogP contribution in [0, 0.1) is 5.92 Å². The molecular formula is C23H30N4O4S. The maximum atomic E-state index is 12.6. The first kappa shape index (κ1) is 23.7. The molecule has 8 nitrogen and oxygen atoms in total. The van der Waals surface area contributed by atoms with Crippen LogP contribution >= 0.6 is 11.3 Å². The lowest BCUT2D eigenvalue weighted by Crippen LogP contribution is -2.41. The molecule has 0 radical (unpaired) electrons. The molecule has 1 aliphatic rings. The van der Waals surface area contributed by atoms with Crippen molar-refractivity contribution in [1.29, 1.82) is 0 Å². The second-order valence-corrected chi connectivity index (χ2v) is 8.63. The summed E-state index contributed by atoms with van der Waals surface area (Å²) in [5, 5.41) is 8.24. The number of amides is 3. The Bertz CT molecular complexity index is 920. The van der Waals surface area contributed by atoms with Crippen LogP contribution in [0.2, 0.25) is 0 Å². The summed E-state index contributed by atoms with van der Waals surface area (Å²) < 4.78 is 5.02. The molecule has 2 N–H and O–H groups in total. The van der Waals surface area contributed by atoms with Gasteiger partial charge in [0, 0.05) is 43.4 Å². The minimum Gasteiger partial charge on any atom is -0.450 e. The van der Waals surface area contributed by atoms with Crippen LogP contribution in [-0.2, 0) is 20.7 Å². The number of likely N-dealkylation sites (tertiary alicyclic amines) is 1. The Kier molecular flexibility index (Phi) is 8.61. The van der Waals surface area contributed by atoms with Crippen LogP contribution in [0.3, 0.4) is 0 Å². The lowest BCUT2D eigenvalue weighted by molar-refractivity contribution is -0.121. The number of thiazole rings is 1. The molecule has 1 aromatic carbocycles. The van der Waals surface area contributed by atoms with Gasteiger partial charge in [0.05, 0.1) is 12.3 Å². The van der Waals surface area contributed by atoms with Crippen molar-refractivity contribution in [2.45, 2.75) is 39.5 Å². The molecule has 1 aromatic heterocycles. The summed E-state index contributed by atoms with van der Waals surface area (Å²) >= 11 is 1.40. The predicted octanol–water partition coefficient (Wildman–Crippen LogP) is 3.69. The van der Waals surface area contributed by atoms with Crippen LogP contribution in [0.4, 0.5) is 9.93 Å². The van der Waals surface area contributed by atoms with Gasteiger partial charge < -0.3 is 20.3 Å². The maximum Gasteiger partial charge on any atom is 0.409 e. The molecule has 0 spiro atoms. The molecule has 3 rings (SSSR count). The molecule has 172 valence electrons. The smallest absolute Gasteiger partial charge is 0.409 e. The monoisotopic (exact) mass is 458 g/mol. The number of nitrogens with one attached hydrogen (secondary N) is 2. The quantitative estimate of drug-likeness (QED) is 0.588. The van der Waals surface area contributed by atoms with Crippen molar-refractivity contribution in [3.8, 4) is 11.3 Å². The molecular weight excluding hydrogens is 428 g/mol. The number of carbonyl (C=O) groups is 3. The standard InChI is InChI=1S/C23H30N4O4S/c1-3-31-23(30)27-13-10-19(11-14-27)21(29)26-22-25-20(15-32-22)18-8-6-17(7-9-18)5-4-12-24-16(2)28/h6-9,15,19H,3-5,10-14H2,1-2H3,(H,24,28)(H,25,26,29). The number of nitrogens with zero attached hydrogens (tertiary/aromatic N) is 2. The Labute approximate surface area is 192 Å². The SMILES string of the molecule is CCOC(=O)N1CCC(C(=O)Nc2nc(-c3ccc(CCCNC(C)=O)cc3)cs2)CC1. The van der Waals surface area contributed by atoms with Crippen LogP contribution in [0.1, 0.15) is 38.7 Å². The van der Waals surface area contributed by atoms with E-state index >= 15 is 0 Å². The number of aryl methyl sites for hydroxylation is 1. The number of aromatic nitrogens is 1. The number of carbonyl (C=O) groups excluding carboxylic acids is 3. The van der Waals surface area contributed by atoms with Crippen molar-refractivity contribution in [3.63, 3.8) is 0 Å². The van der Waals surface area contributed by atoms with E-state index in [1.165, 1.54) is 23.8 Å². The fourth-order valence-electron chi connectivity index (χ4n) is 3.61. The zero-order valence-corrected chi connectivity index (χ0v) is 19.4. The second kappa shape index (κ2) is 11.6. The largest absolute Gasteiger partial charge is 0.450 e. The number of hydrogen-bond donors (Lipinski definition) is 2. The number of anilines is 1. The van der Waals surface area contributed by atoms with E-state index in [1.54, 1.807) is 11.8 Å². The Morgan fingerprint density at radius 1 is 1.19 bits per heavy atom. The van der Waals surface area contributed by atoms with Crippen molar-refractivity contribution in [3.05, 3.63) is 35.2 Å². The molecule has 2 heterocycles. The third-order valence-corrected chi connectivity index (χ3v) is 6.15. The minimum atomic E-state index is -0.310. The van der Waals surface area contributed by atoms with Gasteiger partial charge in [-0.1, -0.05) is 24.3 Å². The Hall–Kier alpha value is -2.94. The molecule has 3 amide bonds. The normalized spacial score (nSPS) is 14.1. The third kappa shape index (κ3) is 6.78. The van der Waals surface area contributed by atoms with E-state index in [0.29, 0.717) is 44.2 Å². The summed E-state index contributed by atoms with van der Waals surface area (Å²) in [6, 6.07) is 8.19. The van der Waals surface area contributed by atoms with E-state index in [1.807, 2.05) is 17.5 Å². The molecule has 0 saturated carbocycles. The highest BCUT2D eigenvalue weighted by molar-refractivity contribution is 7.14. The summed E-state index contributed by atoms with van der Waals surface area (Å²) in [6.45, 7) is 5.38. The highest BCUT2D eigenvalue weighted by Crippen LogP contribution is 2.27. The van der Waals surface area contributed by atoms with E-state index < -0.39 is 0 Å². The molecule has 1 saturated heterocycles. The van der Waals surface area contributed by atoms with Gasteiger partial charge in [0.2, 0.25) is 11.8 Å². The lowest BCUT2D eigenvalue weighted by Gasteiger charge is -2.30. The van der Waals surface area contributed by atoms with Crippen molar-refractivity contribution >= 4 is 34.4 Å². The van der Waals surface area contributed by atoms with E-state index in [4.69, 9.17) is 4.74 Å². The summed E-state index contributed by atoms with van der Waals surface area (Å²) in [5.41, 5.74) is 3.03. The molecule has 0 bridgehead atoms. The zero-order chi connectivity index (χ0) is 22.9. The second-order valence-electron chi connectivity index (χ2n) is 7.77.